The van der Waals surface area contributed by atoms with E-state index in [1.807, 2.05) is 44.2 Å². The van der Waals surface area contributed by atoms with Crippen LogP contribution in [-0.2, 0) is 9.59 Å². The van der Waals surface area contributed by atoms with E-state index >= 15 is 0 Å². The van der Waals surface area contributed by atoms with Gasteiger partial charge in [-0.1, -0.05) is 38.1 Å². The molecule has 2 N–H and O–H groups in total. The summed E-state index contributed by atoms with van der Waals surface area (Å²) in [6.45, 7) is 6.11. The fourth-order valence-corrected chi connectivity index (χ4v) is 2.89. The number of nitrogens with zero attached hydrogens (tertiary/aromatic N) is 1. The second kappa shape index (κ2) is 7.62. The molecule has 2 rings (SSSR count). The van der Waals surface area contributed by atoms with Gasteiger partial charge in [-0.15, -0.1) is 0 Å². The zero-order valence-electron chi connectivity index (χ0n) is 14.6. The summed E-state index contributed by atoms with van der Waals surface area (Å²) >= 11 is 0. The Morgan fingerprint density at radius 1 is 1.29 bits per heavy atom. The Hall–Kier alpha value is -2.14. The van der Waals surface area contributed by atoms with Crippen LogP contribution in [0.2, 0.25) is 0 Å². The molecule has 1 aromatic rings. The van der Waals surface area contributed by atoms with Crippen molar-refractivity contribution < 1.29 is 14.7 Å². The Kier molecular flexibility index (Phi) is 5.78. The summed E-state index contributed by atoms with van der Waals surface area (Å²) in [6, 6.07) is 7.53. The van der Waals surface area contributed by atoms with Gasteiger partial charge in [-0.25, -0.2) is 0 Å². The topological polar surface area (TPSA) is 69.6 Å². The minimum atomic E-state index is -0.287. The van der Waals surface area contributed by atoms with Crippen LogP contribution >= 0.6 is 0 Å². The molecule has 5 heteroatoms. The number of hydrogen-bond acceptors (Lipinski definition) is 3. The summed E-state index contributed by atoms with van der Waals surface area (Å²) in [5.74, 6) is -0.179. The molecule has 1 heterocycles. The maximum Gasteiger partial charge on any atom is 0.223 e. The molecule has 0 bridgehead atoms. The smallest absolute Gasteiger partial charge is 0.223 e. The third kappa shape index (κ3) is 4.45. The fourth-order valence-electron chi connectivity index (χ4n) is 2.89. The molecule has 1 atom stereocenters. The van der Waals surface area contributed by atoms with Gasteiger partial charge in [-0.3, -0.25) is 9.59 Å². The lowest BCUT2D eigenvalue weighted by molar-refractivity contribution is -0.130. The van der Waals surface area contributed by atoms with Crippen molar-refractivity contribution in [3.8, 4) is 0 Å². The van der Waals surface area contributed by atoms with Crippen LogP contribution in [-0.4, -0.2) is 35.0 Å². The Labute approximate surface area is 143 Å². The summed E-state index contributed by atoms with van der Waals surface area (Å²) in [5.41, 5.74) is 1.86. The highest BCUT2D eigenvalue weighted by Crippen LogP contribution is 2.32. The van der Waals surface area contributed by atoms with E-state index in [0.29, 0.717) is 13.0 Å². The Morgan fingerprint density at radius 3 is 2.67 bits per heavy atom. The molecule has 2 amide bonds. The largest absolute Gasteiger partial charge is 0.396 e. The third-order valence-electron chi connectivity index (χ3n) is 4.40. The van der Waals surface area contributed by atoms with Crippen molar-refractivity contribution >= 4 is 17.9 Å². The van der Waals surface area contributed by atoms with E-state index in [4.69, 9.17) is 5.11 Å². The quantitative estimate of drug-likeness (QED) is 0.842. The Morgan fingerprint density at radius 2 is 2.00 bits per heavy atom. The molecule has 24 heavy (non-hydrogen) atoms. The highest BCUT2D eigenvalue weighted by molar-refractivity contribution is 5.81. The van der Waals surface area contributed by atoms with Crippen LogP contribution in [0.5, 0.6) is 0 Å². The van der Waals surface area contributed by atoms with Crippen molar-refractivity contribution in [2.24, 2.45) is 5.41 Å². The zero-order chi connectivity index (χ0) is 17.7. The molecule has 0 fully saturated rings. The molecular weight excluding hydrogens is 304 g/mol. The average molecular weight is 330 g/mol. The lowest BCUT2D eigenvalue weighted by atomic mass is 9.89. The van der Waals surface area contributed by atoms with Gasteiger partial charge in [0.1, 0.15) is 0 Å². The average Bonchev–Trinajstić information content (AvgIpc) is 2.53. The SMILES string of the molecule is CC(=O)N1C=Cc2ccccc2C1CC(=O)NCC(C)(C)CCO. The molecule has 5 nitrogen and oxygen atoms in total. The number of benzene rings is 1. The van der Waals surface area contributed by atoms with Crippen molar-refractivity contribution in [2.75, 3.05) is 13.2 Å². The number of aliphatic hydroxyl groups is 1. The number of carbonyl (C=O) groups excluding carboxylic acids is 2. The van der Waals surface area contributed by atoms with Crippen LogP contribution < -0.4 is 5.32 Å². The van der Waals surface area contributed by atoms with Gasteiger partial charge in [0.2, 0.25) is 11.8 Å². The van der Waals surface area contributed by atoms with Crippen LogP contribution in [0.3, 0.4) is 0 Å². The molecule has 0 saturated heterocycles. The molecule has 0 spiro atoms. The van der Waals surface area contributed by atoms with Gasteiger partial charge in [-0.2, -0.15) is 0 Å². The summed E-state index contributed by atoms with van der Waals surface area (Å²) in [4.78, 5) is 25.9. The third-order valence-corrected chi connectivity index (χ3v) is 4.40. The van der Waals surface area contributed by atoms with Crippen LogP contribution in [0.4, 0.5) is 0 Å². The Balaban J connectivity index is 2.09. The van der Waals surface area contributed by atoms with Gasteiger partial charge in [0.05, 0.1) is 12.5 Å². The molecule has 0 aromatic heterocycles. The van der Waals surface area contributed by atoms with E-state index in [9.17, 15) is 9.59 Å². The van der Waals surface area contributed by atoms with Crippen LogP contribution in [0.25, 0.3) is 6.08 Å². The summed E-state index contributed by atoms with van der Waals surface area (Å²) in [5, 5.41) is 12.0. The molecule has 1 unspecified atom stereocenters. The molecule has 0 saturated carbocycles. The van der Waals surface area contributed by atoms with Crippen molar-refractivity contribution in [1.82, 2.24) is 10.2 Å². The summed E-state index contributed by atoms with van der Waals surface area (Å²) in [7, 11) is 0. The van der Waals surface area contributed by atoms with Gasteiger partial charge >= 0.3 is 0 Å². The molecule has 1 aromatic carbocycles. The number of carbonyl (C=O) groups is 2. The molecule has 1 aliphatic heterocycles. The van der Waals surface area contributed by atoms with Gasteiger partial charge in [0.15, 0.2) is 0 Å². The van der Waals surface area contributed by atoms with Gasteiger partial charge in [-0.05, 0) is 29.0 Å². The van der Waals surface area contributed by atoms with E-state index in [1.165, 1.54) is 6.92 Å². The molecule has 1 aliphatic rings. The van der Waals surface area contributed by atoms with E-state index < -0.39 is 0 Å². The number of hydrogen-bond donors (Lipinski definition) is 2. The maximum atomic E-state index is 12.4. The number of fused-ring (bicyclic) bond motifs is 1. The van der Waals surface area contributed by atoms with Crippen molar-refractivity contribution in [1.29, 1.82) is 0 Å². The minimum Gasteiger partial charge on any atom is -0.396 e. The monoisotopic (exact) mass is 330 g/mol. The fraction of sp³-hybridized carbons (Fsp3) is 0.474. The lowest BCUT2D eigenvalue weighted by Crippen LogP contribution is -2.38. The molecule has 130 valence electrons. The first kappa shape index (κ1) is 18.2. The highest BCUT2D eigenvalue weighted by atomic mass is 16.3. The first-order valence-corrected chi connectivity index (χ1v) is 8.27. The van der Waals surface area contributed by atoms with E-state index in [-0.39, 0.29) is 36.3 Å². The predicted molar refractivity (Wildman–Crippen MR) is 93.8 cm³/mol. The lowest BCUT2D eigenvalue weighted by Gasteiger charge is -2.32. The van der Waals surface area contributed by atoms with E-state index in [0.717, 1.165) is 11.1 Å². The van der Waals surface area contributed by atoms with Gasteiger partial charge in [0, 0.05) is 26.3 Å². The second-order valence-electron chi connectivity index (χ2n) is 7.01. The number of rotatable bonds is 6. The van der Waals surface area contributed by atoms with Crippen LogP contribution in [0.15, 0.2) is 30.5 Å². The first-order valence-electron chi connectivity index (χ1n) is 8.27. The van der Waals surface area contributed by atoms with Gasteiger partial charge in [0.25, 0.3) is 0 Å². The summed E-state index contributed by atoms with van der Waals surface area (Å²) < 4.78 is 0. The van der Waals surface area contributed by atoms with Crippen LogP contribution in [0, 0.1) is 5.41 Å². The van der Waals surface area contributed by atoms with Crippen molar-refractivity contribution in [3.05, 3.63) is 41.6 Å². The number of amides is 2. The predicted octanol–water partition coefficient (Wildman–Crippen LogP) is 2.48. The highest BCUT2D eigenvalue weighted by Gasteiger charge is 2.28. The number of aliphatic hydroxyl groups excluding tert-OH is 1. The molecular formula is C19H26N2O3. The zero-order valence-corrected chi connectivity index (χ0v) is 14.6. The van der Waals surface area contributed by atoms with Crippen molar-refractivity contribution in [2.45, 2.75) is 39.7 Å². The maximum absolute atomic E-state index is 12.4. The number of nitrogens with one attached hydrogen (secondary N) is 1. The van der Waals surface area contributed by atoms with Gasteiger partial charge < -0.3 is 15.3 Å². The minimum absolute atomic E-state index is 0.0841. The van der Waals surface area contributed by atoms with E-state index in [2.05, 4.69) is 5.32 Å². The normalized spacial score (nSPS) is 16.7. The molecule has 0 radical (unpaired) electrons. The first-order chi connectivity index (χ1) is 11.3. The van der Waals surface area contributed by atoms with E-state index in [1.54, 1.807) is 11.1 Å². The summed E-state index contributed by atoms with van der Waals surface area (Å²) in [6.07, 6.45) is 4.49. The van der Waals surface area contributed by atoms with Crippen LogP contribution in [0.1, 0.15) is 50.8 Å². The second-order valence-corrected chi connectivity index (χ2v) is 7.01. The molecule has 0 aliphatic carbocycles. The Bertz CT molecular complexity index is 637. The standard InChI is InChI=1S/C19H26N2O3/c1-14(23)21-10-8-15-6-4-5-7-16(15)17(21)12-18(24)20-13-19(2,3)9-11-22/h4-8,10,17,22H,9,11-13H2,1-3H3,(H,20,24). The van der Waals surface area contributed by atoms with Crippen molar-refractivity contribution in [3.63, 3.8) is 0 Å².